The highest BCUT2D eigenvalue weighted by atomic mass is 32.1. The third-order valence-electron chi connectivity index (χ3n) is 1.61. The molecule has 1 aromatic heterocycles. The van der Waals surface area contributed by atoms with Gasteiger partial charge in [0.1, 0.15) is 0 Å². The number of hydrogen-bond acceptors (Lipinski definition) is 3. The zero-order chi connectivity index (χ0) is 8.55. The minimum absolute atomic E-state index is 0.118. The van der Waals surface area contributed by atoms with Gasteiger partial charge in [-0.3, -0.25) is 9.17 Å². The third kappa shape index (κ3) is 0.917. The van der Waals surface area contributed by atoms with Crippen LogP contribution in [0.25, 0.3) is 10.1 Å². The van der Waals surface area contributed by atoms with E-state index in [2.05, 4.69) is 4.37 Å². The second kappa shape index (κ2) is 2.47. The summed E-state index contributed by atoms with van der Waals surface area (Å²) in [6.45, 7) is 0. The van der Waals surface area contributed by atoms with Crippen molar-refractivity contribution in [2.45, 2.75) is 0 Å². The second-order valence-corrected chi connectivity index (χ2v) is 3.20. The van der Waals surface area contributed by atoms with Crippen molar-refractivity contribution < 1.29 is 0 Å². The standard InChI is InChI=1S/C8H4N2OS/c9-4-5-1-2-7-6(3-5)8(11)10-12-7/h1-3H,(H,10,11). The second-order valence-electron chi connectivity index (χ2n) is 2.36. The maximum Gasteiger partial charge on any atom is 0.265 e. The molecule has 0 spiro atoms. The van der Waals surface area contributed by atoms with E-state index in [0.29, 0.717) is 10.9 Å². The van der Waals surface area contributed by atoms with Gasteiger partial charge < -0.3 is 0 Å². The number of nitriles is 1. The molecule has 0 atom stereocenters. The number of aromatic nitrogens is 1. The lowest BCUT2D eigenvalue weighted by molar-refractivity contribution is 1.45. The van der Waals surface area contributed by atoms with E-state index in [1.807, 2.05) is 6.07 Å². The molecule has 0 saturated heterocycles. The summed E-state index contributed by atoms with van der Waals surface area (Å²) < 4.78 is 3.49. The smallest absolute Gasteiger partial charge is 0.265 e. The molecule has 2 aromatic rings. The van der Waals surface area contributed by atoms with Crippen molar-refractivity contribution in [2.24, 2.45) is 0 Å². The number of H-pyrrole nitrogens is 1. The highest BCUT2D eigenvalue weighted by Crippen LogP contribution is 2.14. The molecule has 4 heteroatoms. The Morgan fingerprint density at radius 1 is 1.50 bits per heavy atom. The minimum Gasteiger partial charge on any atom is -0.277 e. The van der Waals surface area contributed by atoms with Gasteiger partial charge in [0.15, 0.2) is 0 Å². The van der Waals surface area contributed by atoms with Crippen molar-refractivity contribution in [1.29, 1.82) is 5.26 Å². The topological polar surface area (TPSA) is 56.6 Å². The third-order valence-corrected chi connectivity index (χ3v) is 2.47. The summed E-state index contributed by atoms with van der Waals surface area (Å²) in [5.41, 5.74) is 0.401. The Morgan fingerprint density at radius 3 is 3.08 bits per heavy atom. The molecule has 0 aliphatic rings. The predicted molar refractivity (Wildman–Crippen MR) is 47.2 cm³/mol. The average molecular weight is 176 g/mol. The molecular weight excluding hydrogens is 172 g/mol. The highest BCUT2D eigenvalue weighted by molar-refractivity contribution is 7.13. The number of rotatable bonds is 0. The number of nitrogens with one attached hydrogen (secondary N) is 1. The average Bonchev–Trinajstić information content (AvgIpc) is 2.47. The van der Waals surface area contributed by atoms with Gasteiger partial charge in [-0.2, -0.15) is 5.26 Å². The maximum atomic E-state index is 11.1. The van der Waals surface area contributed by atoms with E-state index in [0.717, 1.165) is 4.70 Å². The van der Waals surface area contributed by atoms with Gasteiger partial charge in [0.25, 0.3) is 5.56 Å². The van der Waals surface area contributed by atoms with E-state index in [9.17, 15) is 4.79 Å². The maximum absolute atomic E-state index is 11.1. The number of aromatic amines is 1. The van der Waals surface area contributed by atoms with Crippen LogP contribution in [-0.2, 0) is 0 Å². The van der Waals surface area contributed by atoms with Crippen molar-refractivity contribution in [3.63, 3.8) is 0 Å². The van der Waals surface area contributed by atoms with Gasteiger partial charge in [-0.1, -0.05) is 11.5 Å². The molecule has 0 aliphatic carbocycles. The summed E-state index contributed by atoms with van der Waals surface area (Å²) in [7, 11) is 0. The Labute approximate surface area is 72.0 Å². The number of hydrogen-bond donors (Lipinski definition) is 1. The zero-order valence-electron chi connectivity index (χ0n) is 6.00. The monoisotopic (exact) mass is 176 g/mol. The van der Waals surface area contributed by atoms with Gasteiger partial charge in [-0.05, 0) is 18.2 Å². The molecule has 1 heterocycles. The van der Waals surface area contributed by atoms with Crippen molar-refractivity contribution in [1.82, 2.24) is 4.37 Å². The normalized spacial score (nSPS) is 9.92. The number of benzene rings is 1. The molecule has 12 heavy (non-hydrogen) atoms. The summed E-state index contributed by atoms with van der Waals surface area (Å²) in [6.07, 6.45) is 0. The molecule has 0 fully saturated rings. The molecule has 1 N–H and O–H groups in total. The lowest BCUT2D eigenvalue weighted by Crippen LogP contribution is -1.95. The van der Waals surface area contributed by atoms with E-state index in [1.165, 1.54) is 11.5 Å². The SMILES string of the molecule is N#Cc1ccc2s[nH]c(=O)c2c1. The first kappa shape index (κ1) is 7.07. The van der Waals surface area contributed by atoms with Gasteiger partial charge in [-0.25, -0.2) is 0 Å². The molecule has 0 radical (unpaired) electrons. The van der Waals surface area contributed by atoms with Crippen molar-refractivity contribution in [2.75, 3.05) is 0 Å². The molecule has 2 rings (SSSR count). The molecule has 3 nitrogen and oxygen atoms in total. The summed E-state index contributed by atoms with van der Waals surface area (Å²) in [5, 5.41) is 9.16. The Morgan fingerprint density at radius 2 is 2.33 bits per heavy atom. The Hall–Kier alpha value is -1.60. The molecule has 58 valence electrons. The van der Waals surface area contributed by atoms with E-state index in [1.54, 1.807) is 18.2 Å². The van der Waals surface area contributed by atoms with Crippen molar-refractivity contribution >= 4 is 21.6 Å². The van der Waals surface area contributed by atoms with Crippen LogP contribution >= 0.6 is 11.5 Å². The molecule has 0 aliphatic heterocycles. The fourth-order valence-corrected chi connectivity index (χ4v) is 1.73. The molecule has 1 aromatic carbocycles. The van der Waals surface area contributed by atoms with Crippen LogP contribution in [0, 0.1) is 11.3 Å². The van der Waals surface area contributed by atoms with Crippen LogP contribution in [0.3, 0.4) is 0 Å². The quantitative estimate of drug-likeness (QED) is 0.660. The fourth-order valence-electron chi connectivity index (χ4n) is 1.02. The Bertz CT molecular complexity index is 518. The Kier molecular flexibility index (Phi) is 1.45. The van der Waals surface area contributed by atoms with Crippen molar-refractivity contribution in [3.8, 4) is 6.07 Å². The van der Waals surface area contributed by atoms with Crippen molar-refractivity contribution in [3.05, 3.63) is 34.1 Å². The fraction of sp³-hybridized carbons (Fsp3) is 0. The van der Waals surface area contributed by atoms with Gasteiger partial charge >= 0.3 is 0 Å². The molecule has 0 bridgehead atoms. The van der Waals surface area contributed by atoms with Gasteiger partial charge in [-0.15, -0.1) is 0 Å². The molecule has 0 saturated carbocycles. The van der Waals surface area contributed by atoms with E-state index < -0.39 is 0 Å². The lowest BCUT2D eigenvalue weighted by atomic mass is 10.2. The first-order valence-electron chi connectivity index (χ1n) is 3.32. The molecular formula is C8H4N2OS. The summed E-state index contributed by atoms with van der Waals surface area (Å²) >= 11 is 1.29. The van der Waals surface area contributed by atoms with Crippen LogP contribution < -0.4 is 5.56 Å². The van der Waals surface area contributed by atoms with Crippen LogP contribution in [0.4, 0.5) is 0 Å². The van der Waals surface area contributed by atoms with Crippen LogP contribution in [0.15, 0.2) is 23.0 Å². The Balaban J connectivity index is 2.91. The summed E-state index contributed by atoms with van der Waals surface area (Å²) in [5.74, 6) is 0. The van der Waals surface area contributed by atoms with Crippen LogP contribution in [0.5, 0.6) is 0 Å². The van der Waals surface area contributed by atoms with Gasteiger partial charge in [0, 0.05) is 0 Å². The van der Waals surface area contributed by atoms with Crippen LogP contribution in [-0.4, -0.2) is 4.37 Å². The van der Waals surface area contributed by atoms with Crippen LogP contribution in [0.1, 0.15) is 5.56 Å². The first-order valence-corrected chi connectivity index (χ1v) is 4.14. The van der Waals surface area contributed by atoms with E-state index in [4.69, 9.17) is 5.26 Å². The van der Waals surface area contributed by atoms with E-state index in [-0.39, 0.29) is 5.56 Å². The molecule has 0 unspecified atom stereocenters. The lowest BCUT2D eigenvalue weighted by Gasteiger charge is -1.86. The van der Waals surface area contributed by atoms with E-state index >= 15 is 0 Å². The predicted octanol–water partition coefficient (Wildman–Crippen LogP) is 1.46. The van der Waals surface area contributed by atoms with Gasteiger partial charge in [0.05, 0.1) is 21.7 Å². The minimum atomic E-state index is -0.118. The highest BCUT2D eigenvalue weighted by Gasteiger charge is 2.00. The molecule has 0 amide bonds. The first-order chi connectivity index (χ1) is 5.81. The summed E-state index contributed by atoms with van der Waals surface area (Å²) in [4.78, 5) is 11.1. The zero-order valence-corrected chi connectivity index (χ0v) is 6.81. The largest absolute Gasteiger partial charge is 0.277 e. The summed E-state index contributed by atoms with van der Waals surface area (Å²) in [6, 6.07) is 7.06. The number of nitrogens with zero attached hydrogens (tertiary/aromatic N) is 1. The number of fused-ring (bicyclic) bond motifs is 1. The van der Waals surface area contributed by atoms with Gasteiger partial charge in [0.2, 0.25) is 0 Å². The van der Waals surface area contributed by atoms with Crippen LogP contribution in [0.2, 0.25) is 0 Å².